The Morgan fingerprint density at radius 2 is 1.97 bits per heavy atom. The smallest absolute Gasteiger partial charge is 0.289 e. The molecule has 1 aromatic carbocycles. The van der Waals surface area contributed by atoms with Crippen LogP contribution in [0.3, 0.4) is 0 Å². The molecular formula is C22H24FNO5. The lowest BCUT2D eigenvalue weighted by molar-refractivity contribution is -0.129. The number of ketones is 1. The van der Waals surface area contributed by atoms with Crippen molar-refractivity contribution in [3.63, 3.8) is 0 Å². The van der Waals surface area contributed by atoms with E-state index < -0.39 is 23.3 Å². The summed E-state index contributed by atoms with van der Waals surface area (Å²) in [4.78, 5) is 26.2. The first-order chi connectivity index (χ1) is 13.7. The van der Waals surface area contributed by atoms with Crippen LogP contribution in [-0.4, -0.2) is 40.4 Å². The fourth-order valence-corrected chi connectivity index (χ4v) is 3.15. The molecule has 0 fully saturated rings. The Morgan fingerprint density at radius 3 is 2.59 bits per heavy atom. The molecule has 2 heterocycles. The molecule has 1 aromatic heterocycles. The van der Waals surface area contributed by atoms with E-state index in [1.54, 1.807) is 12.1 Å². The van der Waals surface area contributed by atoms with E-state index in [0.717, 1.165) is 5.56 Å². The number of nitrogens with zero attached hydrogens (tertiary/aromatic N) is 1. The van der Waals surface area contributed by atoms with Gasteiger partial charge in [0.2, 0.25) is 5.78 Å². The van der Waals surface area contributed by atoms with Gasteiger partial charge >= 0.3 is 0 Å². The Bertz CT molecular complexity index is 973. The van der Waals surface area contributed by atoms with Crippen LogP contribution in [0.15, 0.2) is 46.1 Å². The summed E-state index contributed by atoms with van der Waals surface area (Å²) in [5.41, 5.74) is 0.743. The highest BCUT2D eigenvalue weighted by Gasteiger charge is 2.36. The number of aliphatic hydroxyl groups excluding tert-OH is 1. The van der Waals surface area contributed by atoms with E-state index in [1.807, 2.05) is 27.7 Å². The van der Waals surface area contributed by atoms with E-state index >= 15 is 0 Å². The molecule has 29 heavy (non-hydrogen) atoms. The number of carbonyl (C=O) groups is 2. The van der Waals surface area contributed by atoms with Gasteiger partial charge in [-0.1, -0.05) is 6.07 Å². The van der Waals surface area contributed by atoms with Crippen molar-refractivity contribution in [1.82, 2.24) is 4.90 Å². The van der Waals surface area contributed by atoms with Crippen LogP contribution in [0, 0.1) is 5.82 Å². The van der Waals surface area contributed by atoms with Crippen molar-refractivity contribution < 1.29 is 28.2 Å². The standard InChI is InChI=1S/C22H24FNO5/c1-12(2)24-11-17(21(26)22(24)27)20(25)18-8-7-16(29-18)9-14-5-6-15(23)10-19(14)28-13(3)4/h5-8,10,12-13,26H,9,11H2,1-4H3. The third-order valence-electron chi connectivity index (χ3n) is 4.62. The highest BCUT2D eigenvalue weighted by atomic mass is 19.1. The lowest BCUT2D eigenvalue weighted by Gasteiger charge is -2.20. The number of amides is 1. The molecule has 0 saturated heterocycles. The van der Waals surface area contributed by atoms with Gasteiger partial charge in [-0.3, -0.25) is 9.59 Å². The number of halogens is 1. The number of rotatable bonds is 7. The topological polar surface area (TPSA) is 80.0 Å². The van der Waals surface area contributed by atoms with E-state index in [2.05, 4.69) is 0 Å². The van der Waals surface area contributed by atoms with Gasteiger partial charge in [-0.15, -0.1) is 0 Å². The molecule has 0 unspecified atom stereocenters. The molecule has 7 heteroatoms. The molecule has 0 atom stereocenters. The van der Waals surface area contributed by atoms with Crippen LogP contribution in [0.2, 0.25) is 0 Å². The molecule has 1 amide bonds. The van der Waals surface area contributed by atoms with Crippen molar-refractivity contribution in [3.8, 4) is 5.75 Å². The maximum Gasteiger partial charge on any atom is 0.289 e. The summed E-state index contributed by atoms with van der Waals surface area (Å²) < 4.78 is 24.9. The predicted molar refractivity (Wildman–Crippen MR) is 105 cm³/mol. The van der Waals surface area contributed by atoms with E-state index in [9.17, 15) is 19.1 Å². The predicted octanol–water partition coefficient (Wildman–Crippen LogP) is 4.04. The van der Waals surface area contributed by atoms with Crippen molar-refractivity contribution in [2.24, 2.45) is 0 Å². The summed E-state index contributed by atoms with van der Waals surface area (Å²) in [5, 5.41) is 10.1. The lowest BCUT2D eigenvalue weighted by Crippen LogP contribution is -2.34. The number of benzene rings is 1. The van der Waals surface area contributed by atoms with Gasteiger partial charge < -0.3 is 19.2 Å². The molecule has 0 aliphatic carbocycles. The zero-order valence-corrected chi connectivity index (χ0v) is 16.9. The monoisotopic (exact) mass is 401 g/mol. The molecule has 6 nitrogen and oxygen atoms in total. The second-order valence-electron chi connectivity index (χ2n) is 7.54. The third-order valence-corrected chi connectivity index (χ3v) is 4.62. The van der Waals surface area contributed by atoms with Gasteiger partial charge in [0.15, 0.2) is 11.5 Å². The number of hydrogen-bond donors (Lipinski definition) is 1. The average molecular weight is 401 g/mol. The van der Waals surface area contributed by atoms with Crippen LogP contribution >= 0.6 is 0 Å². The van der Waals surface area contributed by atoms with Crippen LogP contribution < -0.4 is 4.74 Å². The van der Waals surface area contributed by atoms with Gasteiger partial charge in [-0.05, 0) is 45.9 Å². The molecule has 0 radical (unpaired) electrons. The first-order valence-corrected chi connectivity index (χ1v) is 9.49. The molecule has 0 spiro atoms. The van der Waals surface area contributed by atoms with E-state index in [4.69, 9.17) is 9.15 Å². The number of Topliss-reactive ketones (excluding diaryl/α,β-unsaturated/α-hetero) is 1. The second kappa shape index (κ2) is 8.11. The van der Waals surface area contributed by atoms with Crippen LogP contribution in [-0.2, 0) is 11.2 Å². The van der Waals surface area contributed by atoms with Crippen molar-refractivity contribution in [1.29, 1.82) is 0 Å². The number of furan rings is 1. The second-order valence-corrected chi connectivity index (χ2v) is 7.54. The molecule has 3 rings (SSSR count). The van der Waals surface area contributed by atoms with Crippen molar-refractivity contribution in [2.45, 2.75) is 46.3 Å². The summed E-state index contributed by atoms with van der Waals surface area (Å²) in [5.74, 6) is -1.08. The largest absolute Gasteiger partial charge is 0.503 e. The van der Waals surface area contributed by atoms with E-state index in [-0.39, 0.29) is 30.0 Å². The molecule has 0 bridgehead atoms. The fourth-order valence-electron chi connectivity index (χ4n) is 3.15. The summed E-state index contributed by atoms with van der Waals surface area (Å²) in [7, 11) is 0. The maximum atomic E-state index is 13.6. The number of carbonyl (C=O) groups excluding carboxylic acids is 2. The van der Waals surface area contributed by atoms with Crippen LogP contribution in [0.5, 0.6) is 5.75 Å². The molecule has 154 valence electrons. The summed E-state index contributed by atoms with van der Waals surface area (Å²) in [6.45, 7) is 7.36. The highest BCUT2D eigenvalue weighted by molar-refractivity contribution is 6.14. The zero-order chi connectivity index (χ0) is 21.3. The normalized spacial score (nSPS) is 14.4. The van der Waals surface area contributed by atoms with Crippen LogP contribution in [0.25, 0.3) is 0 Å². The molecule has 1 N–H and O–H groups in total. The third kappa shape index (κ3) is 4.34. The minimum absolute atomic E-state index is 0.0233. The Labute approximate surface area is 168 Å². The van der Waals surface area contributed by atoms with Gasteiger partial charge in [0.05, 0.1) is 18.2 Å². The molecular weight excluding hydrogens is 377 g/mol. The first-order valence-electron chi connectivity index (χ1n) is 9.49. The SMILES string of the molecule is CC(C)Oc1cc(F)ccc1Cc1ccc(C(=O)C2=C(O)C(=O)N(C(C)C)C2)o1. The lowest BCUT2D eigenvalue weighted by atomic mass is 10.1. The summed E-state index contributed by atoms with van der Waals surface area (Å²) in [6.07, 6.45) is 0.181. The quantitative estimate of drug-likeness (QED) is 0.708. The number of aliphatic hydroxyl groups is 1. The molecule has 1 aliphatic rings. The van der Waals surface area contributed by atoms with Crippen LogP contribution in [0.4, 0.5) is 4.39 Å². The number of hydrogen-bond acceptors (Lipinski definition) is 5. The average Bonchev–Trinajstić information content (AvgIpc) is 3.22. The van der Waals surface area contributed by atoms with E-state index in [0.29, 0.717) is 17.9 Å². The maximum absolute atomic E-state index is 13.6. The summed E-state index contributed by atoms with van der Waals surface area (Å²) in [6, 6.07) is 7.28. The Morgan fingerprint density at radius 1 is 1.24 bits per heavy atom. The minimum atomic E-state index is -0.558. The highest BCUT2D eigenvalue weighted by Crippen LogP contribution is 2.27. The van der Waals surface area contributed by atoms with Crippen molar-refractivity contribution in [2.75, 3.05) is 6.54 Å². The summed E-state index contributed by atoms with van der Waals surface area (Å²) >= 11 is 0. The Balaban J connectivity index is 1.80. The first kappa shape index (κ1) is 20.6. The van der Waals surface area contributed by atoms with E-state index in [1.165, 1.54) is 23.1 Å². The Kier molecular flexibility index (Phi) is 5.77. The van der Waals surface area contributed by atoms with Gasteiger partial charge in [0.1, 0.15) is 17.3 Å². The zero-order valence-electron chi connectivity index (χ0n) is 16.9. The van der Waals surface area contributed by atoms with Gasteiger partial charge in [0.25, 0.3) is 5.91 Å². The van der Waals surface area contributed by atoms with Crippen LogP contribution in [0.1, 0.15) is 49.6 Å². The van der Waals surface area contributed by atoms with Gasteiger partial charge in [-0.25, -0.2) is 4.39 Å². The van der Waals surface area contributed by atoms with Gasteiger partial charge in [-0.2, -0.15) is 0 Å². The molecule has 0 saturated carbocycles. The molecule has 2 aromatic rings. The fraction of sp³-hybridized carbons (Fsp3) is 0.364. The Hall–Kier alpha value is -3.09. The van der Waals surface area contributed by atoms with Gasteiger partial charge in [0, 0.05) is 24.1 Å². The number of ether oxygens (including phenoxy) is 1. The minimum Gasteiger partial charge on any atom is -0.503 e. The molecule has 1 aliphatic heterocycles. The van der Waals surface area contributed by atoms with Crippen molar-refractivity contribution in [3.05, 3.63) is 64.6 Å². The van der Waals surface area contributed by atoms with Crippen molar-refractivity contribution >= 4 is 11.7 Å².